The molecule has 0 aliphatic heterocycles. The average molecular weight is 194 g/mol. The quantitative estimate of drug-likeness (QED) is 0.292. The van der Waals surface area contributed by atoms with E-state index in [1.54, 1.807) is 0 Å². The largest absolute Gasteiger partial charge is 0.409 e. The maximum atomic E-state index is 8.22. The number of benzene rings is 1. The van der Waals surface area contributed by atoms with Crippen LogP contribution >= 0.6 is 11.6 Å². The van der Waals surface area contributed by atoms with E-state index < -0.39 is 0 Å². The Morgan fingerprint density at radius 3 is 2.92 bits per heavy atom. The van der Waals surface area contributed by atoms with E-state index in [-0.39, 0.29) is 5.17 Å². The summed E-state index contributed by atoms with van der Waals surface area (Å²) in [5.41, 5.74) is 1.98. The van der Waals surface area contributed by atoms with Crippen molar-refractivity contribution in [3.8, 4) is 11.8 Å². The van der Waals surface area contributed by atoms with Gasteiger partial charge in [0.1, 0.15) is 0 Å². The molecule has 0 unspecified atom stereocenters. The van der Waals surface area contributed by atoms with Gasteiger partial charge in [-0.3, -0.25) is 0 Å². The molecule has 0 saturated heterocycles. The van der Waals surface area contributed by atoms with Gasteiger partial charge in [0.05, 0.1) is 0 Å². The van der Waals surface area contributed by atoms with Gasteiger partial charge in [0.15, 0.2) is 0 Å². The summed E-state index contributed by atoms with van der Waals surface area (Å²) in [6.07, 6.45) is 0. The molecular weight excluding hydrogens is 186 g/mol. The topological polar surface area (TPSA) is 32.6 Å². The summed E-state index contributed by atoms with van der Waals surface area (Å²) >= 11 is 5.38. The van der Waals surface area contributed by atoms with Crippen molar-refractivity contribution < 1.29 is 5.21 Å². The van der Waals surface area contributed by atoms with Crippen molar-refractivity contribution in [3.63, 3.8) is 0 Å². The molecule has 0 aromatic heterocycles. The predicted octanol–water partition coefficient (Wildman–Crippen LogP) is 2.37. The number of hydrogen-bond donors (Lipinski definition) is 1. The second-order valence-electron chi connectivity index (χ2n) is 2.51. The molecule has 1 aromatic carbocycles. The Balaban J connectivity index is 2.90. The highest BCUT2D eigenvalue weighted by atomic mass is 35.5. The van der Waals surface area contributed by atoms with E-state index in [4.69, 9.17) is 16.8 Å². The maximum Gasteiger partial charge on any atom is 0.218 e. The lowest BCUT2D eigenvalue weighted by atomic mass is 10.1. The van der Waals surface area contributed by atoms with Gasteiger partial charge in [-0.05, 0) is 42.1 Å². The van der Waals surface area contributed by atoms with Crippen LogP contribution in [0.3, 0.4) is 0 Å². The van der Waals surface area contributed by atoms with Crippen molar-refractivity contribution in [2.45, 2.75) is 6.92 Å². The van der Waals surface area contributed by atoms with Crippen molar-refractivity contribution in [1.29, 1.82) is 0 Å². The molecule has 0 spiro atoms. The lowest BCUT2D eigenvalue weighted by molar-refractivity contribution is 0.321. The van der Waals surface area contributed by atoms with Crippen molar-refractivity contribution in [3.05, 3.63) is 35.4 Å². The molecule has 0 aliphatic carbocycles. The molecule has 0 heterocycles. The number of nitrogens with zero attached hydrogens (tertiary/aromatic N) is 1. The minimum atomic E-state index is -0.110. The highest BCUT2D eigenvalue weighted by Crippen LogP contribution is 2.01. The fraction of sp³-hybridized carbons (Fsp3) is 0.100. The molecule has 3 heteroatoms. The fourth-order valence-corrected chi connectivity index (χ4v) is 0.919. The number of halogens is 1. The standard InChI is InChI=1S/C10H8ClNO/c1-8-3-2-4-9(7-8)5-6-10(11)12-13/h2-4,7,13H,1H3/b12-10+. The van der Waals surface area contributed by atoms with Gasteiger partial charge in [0, 0.05) is 5.56 Å². The van der Waals surface area contributed by atoms with E-state index in [1.165, 1.54) is 0 Å². The zero-order valence-electron chi connectivity index (χ0n) is 7.08. The molecule has 66 valence electrons. The van der Waals surface area contributed by atoms with Crippen molar-refractivity contribution in [2.24, 2.45) is 5.16 Å². The van der Waals surface area contributed by atoms with Crippen LogP contribution in [-0.4, -0.2) is 10.4 Å². The zero-order valence-corrected chi connectivity index (χ0v) is 7.84. The summed E-state index contributed by atoms with van der Waals surface area (Å²) in [6, 6.07) is 7.67. The lowest BCUT2D eigenvalue weighted by Crippen LogP contribution is -1.81. The normalized spacial score (nSPS) is 10.5. The van der Waals surface area contributed by atoms with E-state index >= 15 is 0 Å². The van der Waals surface area contributed by atoms with Gasteiger partial charge in [-0.1, -0.05) is 23.2 Å². The molecule has 13 heavy (non-hydrogen) atoms. The van der Waals surface area contributed by atoms with E-state index in [0.717, 1.165) is 11.1 Å². The van der Waals surface area contributed by atoms with Gasteiger partial charge in [-0.2, -0.15) is 0 Å². The van der Waals surface area contributed by atoms with Crippen LogP contribution in [-0.2, 0) is 0 Å². The van der Waals surface area contributed by atoms with Gasteiger partial charge in [0.25, 0.3) is 0 Å². The molecule has 2 nitrogen and oxygen atoms in total. The van der Waals surface area contributed by atoms with Gasteiger partial charge < -0.3 is 5.21 Å². The van der Waals surface area contributed by atoms with Gasteiger partial charge in [0.2, 0.25) is 5.17 Å². The second kappa shape index (κ2) is 4.54. The van der Waals surface area contributed by atoms with E-state index in [1.807, 2.05) is 31.2 Å². The third-order valence-corrected chi connectivity index (χ3v) is 1.59. The molecular formula is C10H8ClNO. The van der Waals surface area contributed by atoms with E-state index in [9.17, 15) is 0 Å². The Bertz CT molecular complexity index is 387. The first-order valence-corrected chi connectivity index (χ1v) is 4.06. The van der Waals surface area contributed by atoms with Crippen LogP contribution in [0.25, 0.3) is 0 Å². The Hall–Kier alpha value is -1.46. The minimum absolute atomic E-state index is 0.110. The van der Waals surface area contributed by atoms with Crippen LogP contribution in [0.15, 0.2) is 29.4 Å². The molecule has 0 aliphatic rings. The highest BCUT2D eigenvalue weighted by Gasteiger charge is 1.88. The van der Waals surface area contributed by atoms with Crippen LogP contribution in [0.5, 0.6) is 0 Å². The first kappa shape index (κ1) is 9.63. The smallest absolute Gasteiger partial charge is 0.218 e. The van der Waals surface area contributed by atoms with E-state index in [2.05, 4.69) is 17.0 Å². The minimum Gasteiger partial charge on any atom is -0.409 e. The number of oxime groups is 1. The molecule has 0 bridgehead atoms. The molecule has 0 fully saturated rings. The zero-order chi connectivity index (χ0) is 9.68. The SMILES string of the molecule is Cc1cccc(C#C/C(Cl)=N\O)c1. The molecule has 0 atom stereocenters. The monoisotopic (exact) mass is 193 g/mol. The number of aryl methyl sites for hydroxylation is 1. The van der Waals surface area contributed by atoms with Crippen LogP contribution < -0.4 is 0 Å². The van der Waals surface area contributed by atoms with Gasteiger partial charge >= 0.3 is 0 Å². The third-order valence-electron chi connectivity index (χ3n) is 1.42. The predicted molar refractivity (Wildman–Crippen MR) is 53.1 cm³/mol. The summed E-state index contributed by atoms with van der Waals surface area (Å²) < 4.78 is 0. The van der Waals surface area contributed by atoms with Crippen molar-refractivity contribution in [2.75, 3.05) is 0 Å². The Morgan fingerprint density at radius 1 is 1.54 bits per heavy atom. The van der Waals surface area contributed by atoms with Gasteiger partial charge in [-0.15, -0.1) is 0 Å². The third kappa shape index (κ3) is 3.18. The maximum absolute atomic E-state index is 8.22. The summed E-state index contributed by atoms with van der Waals surface area (Å²) in [6.45, 7) is 1.98. The summed E-state index contributed by atoms with van der Waals surface area (Å²) in [7, 11) is 0. The Morgan fingerprint density at radius 2 is 2.31 bits per heavy atom. The first-order chi connectivity index (χ1) is 6.22. The average Bonchev–Trinajstić information content (AvgIpc) is 2.14. The first-order valence-electron chi connectivity index (χ1n) is 3.68. The van der Waals surface area contributed by atoms with Crippen molar-refractivity contribution >= 4 is 16.8 Å². The second-order valence-corrected chi connectivity index (χ2v) is 2.87. The summed E-state index contributed by atoms with van der Waals surface area (Å²) in [4.78, 5) is 0. The van der Waals surface area contributed by atoms with Gasteiger partial charge in [-0.25, -0.2) is 0 Å². The van der Waals surface area contributed by atoms with Crippen LogP contribution in [0.4, 0.5) is 0 Å². The number of rotatable bonds is 0. The molecule has 1 rings (SSSR count). The Labute approximate surface area is 81.8 Å². The van der Waals surface area contributed by atoms with Crippen LogP contribution in [0.2, 0.25) is 0 Å². The van der Waals surface area contributed by atoms with Crippen molar-refractivity contribution in [1.82, 2.24) is 0 Å². The molecule has 0 saturated carbocycles. The summed E-state index contributed by atoms with van der Waals surface area (Å²) in [5, 5.41) is 10.8. The number of hydrogen-bond acceptors (Lipinski definition) is 2. The van der Waals surface area contributed by atoms with Crippen LogP contribution in [0.1, 0.15) is 11.1 Å². The molecule has 1 aromatic rings. The van der Waals surface area contributed by atoms with E-state index in [0.29, 0.717) is 0 Å². The summed E-state index contributed by atoms with van der Waals surface area (Å²) in [5.74, 6) is 5.25. The Kier molecular flexibility index (Phi) is 3.36. The molecule has 1 N–H and O–H groups in total. The lowest BCUT2D eigenvalue weighted by Gasteiger charge is -1.91. The fourth-order valence-electron chi connectivity index (χ4n) is 0.872. The highest BCUT2D eigenvalue weighted by molar-refractivity contribution is 6.69. The molecule has 0 radical (unpaired) electrons. The van der Waals surface area contributed by atoms with Crippen LogP contribution in [0, 0.1) is 18.8 Å². The molecule has 0 amide bonds.